The van der Waals surface area contributed by atoms with Crippen molar-refractivity contribution in [3.63, 3.8) is 0 Å². The van der Waals surface area contributed by atoms with E-state index >= 15 is 0 Å². The average molecular weight is 870 g/mol. The highest BCUT2D eigenvalue weighted by Gasteiger charge is 2.52. The van der Waals surface area contributed by atoms with Crippen LogP contribution in [0.25, 0.3) is 44.5 Å². The van der Waals surface area contributed by atoms with Crippen LogP contribution in [0.15, 0.2) is 170 Å². The average Bonchev–Trinajstić information content (AvgIpc) is 3.89. The molecule has 0 heterocycles. The van der Waals surface area contributed by atoms with Gasteiger partial charge in [0.2, 0.25) is 0 Å². The molecule has 8 aromatic rings. The Balaban J connectivity index is 1.06. The fourth-order valence-corrected chi connectivity index (χ4v) is 12.7. The third-order valence-corrected chi connectivity index (χ3v) is 16.4. The molecule has 1 fully saturated rings. The van der Waals surface area contributed by atoms with Crippen molar-refractivity contribution >= 4 is 17.1 Å². The topological polar surface area (TPSA) is 3.24 Å². The first-order chi connectivity index (χ1) is 32.2. The molecule has 0 unspecified atom stereocenters. The lowest BCUT2D eigenvalue weighted by Gasteiger charge is -2.34. The lowest BCUT2D eigenvalue weighted by atomic mass is 9.68. The molecule has 0 aromatic heterocycles. The molecule has 332 valence electrons. The summed E-state index contributed by atoms with van der Waals surface area (Å²) in [4.78, 5) is 2.53. The molecule has 1 spiro atoms. The van der Waals surface area contributed by atoms with Crippen molar-refractivity contribution < 1.29 is 0 Å². The predicted octanol–water partition coefficient (Wildman–Crippen LogP) is 18.1. The van der Waals surface area contributed by atoms with Crippen LogP contribution in [0.3, 0.4) is 0 Å². The highest BCUT2D eigenvalue weighted by Crippen LogP contribution is 2.64. The van der Waals surface area contributed by atoms with Crippen molar-refractivity contribution in [3.8, 4) is 44.5 Å². The number of nitrogens with zero attached hydrogens (tertiary/aromatic N) is 1. The van der Waals surface area contributed by atoms with Gasteiger partial charge in [-0.2, -0.15) is 0 Å². The Morgan fingerprint density at radius 3 is 1.36 bits per heavy atom. The molecule has 0 atom stereocenters. The summed E-state index contributed by atoms with van der Waals surface area (Å²) in [7, 11) is 0. The zero-order valence-corrected chi connectivity index (χ0v) is 40.7. The molecule has 0 bridgehead atoms. The van der Waals surface area contributed by atoms with E-state index in [2.05, 4.69) is 230 Å². The van der Waals surface area contributed by atoms with Crippen molar-refractivity contribution in [3.05, 3.63) is 220 Å². The van der Waals surface area contributed by atoms with Gasteiger partial charge in [-0.25, -0.2) is 0 Å². The molecule has 1 nitrogen and oxygen atoms in total. The Morgan fingerprint density at radius 1 is 0.388 bits per heavy atom. The maximum Gasteiger partial charge on any atom is 0.0726 e. The maximum absolute atomic E-state index is 2.56. The van der Waals surface area contributed by atoms with Gasteiger partial charge in [0.05, 0.1) is 5.41 Å². The van der Waals surface area contributed by atoms with Gasteiger partial charge in [-0.3, -0.25) is 0 Å². The fraction of sp³-hybridized carbons (Fsp3) is 0.273. The minimum absolute atomic E-state index is 0.00818. The van der Waals surface area contributed by atoms with Gasteiger partial charge in [-0.15, -0.1) is 0 Å². The third kappa shape index (κ3) is 6.40. The van der Waals surface area contributed by atoms with Crippen molar-refractivity contribution in [1.82, 2.24) is 0 Å². The number of benzene rings is 8. The van der Waals surface area contributed by atoms with E-state index in [1.807, 2.05) is 0 Å². The van der Waals surface area contributed by atoms with E-state index < -0.39 is 5.41 Å². The minimum Gasteiger partial charge on any atom is -0.310 e. The number of rotatable bonds is 5. The summed E-state index contributed by atoms with van der Waals surface area (Å²) in [6, 6.07) is 66.4. The molecule has 8 aromatic carbocycles. The molecule has 4 aliphatic rings. The van der Waals surface area contributed by atoms with Crippen molar-refractivity contribution in [2.24, 2.45) is 0 Å². The molecule has 4 aliphatic carbocycles. The smallest absolute Gasteiger partial charge is 0.0726 e. The molecule has 1 heteroatoms. The summed E-state index contributed by atoms with van der Waals surface area (Å²) in [5.41, 5.74) is 25.9. The Bertz CT molecular complexity index is 3180. The van der Waals surface area contributed by atoms with Gasteiger partial charge in [-0.1, -0.05) is 208 Å². The highest BCUT2D eigenvalue weighted by molar-refractivity contribution is 5.97. The first kappa shape index (κ1) is 42.0. The van der Waals surface area contributed by atoms with Crippen molar-refractivity contribution in [1.29, 1.82) is 0 Å². The number of fused-ring (bicyclic) bond motifs is 13. The van der Waals surface area contributed by atoms with Crippen LogP contribution in [0.5, 0.6) is 0 Å². The first-order valence-electron chi connectivity index (χ1n) is 25.0. The van der Waals surface area contributed by atoms with E-state index in [0.717, 1.165) is 11.4 Å². The van der Waals surface area contributed by atoms with Crippen LogP contribution < -0.4 is 4.90 Å². The van der Waals surface area contributed by atoms with Gasteiger partial charge in [-0.05, 0) is 161 Å². The van der Waals surface area contributed by atoms with Crippen LogP contribution >= 0.6 is 0 Å². The van der Waals surface area contributed by atoms with Gasteiger partial charge < -0.3 is 4.90 Å². The van der Waals surface area contributed by atoms with E-state index in [4.69, 9.17) is 0 Å². The van der Waals surface area contributed by atoms with Crippen LogP contribution in [0, 0.1) is 0 Å². The van der Waals surface area contributed by atoms with Crippen LogP contribution in [0.2, 0.25) is 0 Å². The normalized spacial score (nSPS) is 16.2. The molecule has 0 amide bonds. The van der Waals surface area contributed by atoms with E-state index in [9.17, 15) is 0 Å². The standard InChI is InChI=1S/C66H63N/c1-63(2,3)46-28-34-54-55-35-29-47(64(4,5)6)39-61(55)66(60(54)38-46)58-21-15-13-19-52(58)56-37-33-50(41-62(56)66)67(49-32-36-53-51-18-12-14-20-57(51)65(7,8)59(53)40-49)48-30-26-45(27-31-48)44-24-22-43(23-25-44)42-16-10-9-11-17-42/h12-15,18-42H,9-11,16-17H2,1-8H3. The second-order valence-corrected chi connectivity index (χ2v) is 22.8. The quantitative estimate of drug-likeness (QED) is 0.167. The molecule has 67 heavy (non-hydrogen) atoms. The van der Waals surface area contributed by atoms with Gasteiger partial charge >= 0.3 is 0 Å². The Kier molecular flexibility index (Phi) is 9.41. The summed E-state index contributed by atoms with van der Waals surface area (Å²) < 4.78 is 0. The Labute approximate surface area is 399 Å². The van der Waals surface area contributed by atoms with Gasteiger partial charge in [0.1, 0.15) is 0 Å². The third-order valence-electron chi connectivity index (χ3n) is 16.4. The van der Waals surface area contributed by atoms with Crippen molar-refractivity contribution in [2.45, 2.75) is 115 Å². The van der Waals surface area contributed by atoms with Gasteiger partial charge in [0.25, 0.3) is 0 Å². The lowest BCUT2D eigenvalue weighted by molar-refractivity contribution is 0.443. The van der Waals surface area contributed by atoms with Crippen LogP contribution in [0.1, 0.15) is 143 Å². The Hall–Kier alpha value is -6.44. The minimum atomic E-state index is -0.490. The van der Waals surface area contributed by atoms with E-state index in [1.165, 1.54) is 132 Å². The van der Waals surface area contributed by atoms with Gasteiger partial charge in [0, 0.05) is 22.5 Å². The van der Waals surface area contributed by atoms with Crippen LogP contribution in [-0.2, 0) is 21.7 Å². The summed E-state index contributed by atoms with van der Waals surface area (Å²) in [5.74, 6) is 0.704. The molecule has 0 saturated heterocycles. The molecule has 1 saturated carbocycles. The molecule has 0 aliphatic heterocycles. The maximum atomic E-state index is 2.56. The Morgan fingerprint density at radius 2 is 0.806 bits per heavy atom. The molecule has 12 rings (SSSR count). The summed E-state index contributed by atoms with van der Waals surface area (Å²) in [6.07, 6.45) is 6.73. The first-order valence-corrected chi connectivity index (χ1v) is 25.0. The zero-order valence-electron chi connectivity index (χ0n) is 40.7. The van der Waals surface area contributed by atoms with E-state index in [0.29, 0.717) is 5.92 Å². The number of hydrogen-bond donors (Lipinski definition) is 0. The number of hydrogen-bond acceptors (Lipinski definition) is 1. The van der Waals surface area contributed by atoms with Gasteiger partial charge in [0.15, 0.2) is 0 Å². The molecular weight excluding hydrogens is 807 g/mol. The summed E-state index contributed by atoms with van der Waals surface area (Å²) in [5, 5.41) is 0. The van der Waals surface area contributed by atoms with Crippen LogP contribution in [-0.4, -0.2) is 0 Å². The lowest BCUT2D eigenvalue weighted by Crippen LogP contribution is -2.27. The highest BCUT2D eigenvalue weighted by atomic mass is 15.1. The second-order valence-electron chi connectivity index (χ2n) is 22.8. The largest absolute Gasteiger partial charge is 0.310 e. The summed E-state index contributed by atoms with van der Waals surface area (Å²) in [6.45, 7) is 18.9. The summed E-state index contributed by atoms with van der Waals surface area (Å²) >= 11 is 0. The predicted molar refractivity (Wildman–Crippen MR) is 284 cm³/mol. The van der Waals surface area contributed by atoms with Crippen molar-refractivity contribution in [2.75, 3.05) is 4.90 Å². The molecule has 0 N–H and O–H groups in total. The van der Waals surface area contributed by atoms with E-state index in [1.54, 1.807) is 0 Å². The fourth-order valence-electron chi connectivity index (χ4n) is 12.7. The second kappa shape index (κ2) is 15.0. The number of anilines is 3. The SMILES string of the molecule is CC(C)(C)c1ccc2c(c1)C1(c3ccccc3-c3ccc(N(c4ccc(-c5ccc(C6CCCCC6)cc5)cc4)c4ccc5c(c4)C(C)(C)c4ccccc4-5)cc31)c1cc(C(C)(C)C)ccc1-2. The molecule has 0 radical (unpaired) electrons. The molecular formula is C66H63N. The van der Waals surface area contributed by atoms with Crippen LogP contribution in [0.4, 0.5) is 17.1 Å². The zero-order chi connectivity index (χ0) is 46.0. The monoisotopic (exact) mass is 869 g/mol. The van der Waals surface area contributed by atoms with E-state index in [-0.39, 0.29) is 16.2 Å².